The molecule has 0 amide bonds. The van der Waals surface area contributed by atoms with E-state index in [2.05, 4.69) is 183 Å². The molecular weight excluding hydrogens is 747 g/mol. The Hall–Kier alpha value is -6.96. The Balaban J connectivity index is 1.05. The fourth-order valence-electron chi connectivity index (χ4n) is 10.4. The molecule has 11 rings (SSSR count). The molecule has 0 aromatic heterocycles. The van der Waals surface area contributed by atoms with E-state index in [1.54, 1.807) is 0 Å². The SMILES string of the molecule is [2H]c1c([2H])c([2H])c(-c2ccc3c(c2)-c2ccc(N(c4ccc(-c5cccc6cc(C7CCCCC7)cc(-c7ccccc7)c56)cc4)c4ccccc4-c4ccccc4)cc2C3(C)C)c([2H])c1[2H]. The molecule has 0 N–H and O–H groups in total. The maximum atomic E-state index is 8.72. The number of nitrogens with zero attached hydrogens (tertiary/aromatic N) is 1. The van der Waals surface area contributed by atoms with Gasteiger partial charge in [0.25, 0.3) is 0 Å². The van der Waals surface area contributed by atoms with E-state index in [4.69, 9.17) is 6.85 Å². The van der Waals surface area contributed by atoms with Crippen molar-refractivity contribution in [1.82, 2.24) is 0 Å². The first-order valence-corrected chi connectivity index (χ1v) is 22.1. The average Bonchev–Trinajstić information content (AvgIpc) is 3.60. The molecule has 0 heterocycles. The molecule has 2 aliphatic rings. The van der Waals surface area contributed by atoms with Crippen molar-refractivity contribution in [2.75, 3.05) is 4.90 Å². The van der Waals surface area contributed by atoms with Gasteiger partial charge in [-0.1, -0.05) is 203 Å². The maximum Gasteiger partial charge on any atom is 0.0629 e. The monoisotopic (exact) mass is 802 g/mol. The Labute approximate surface area is 374 Å². The molecule has 1 nitrogen and oxygen atoms in total. The van der Waals surface area contributed by atoms with Gasteiger partial charge in [0.05, 0.1) is 12.5 Å². The zero-order chi connectivity index (χ0) is 46.0. The highest BCUT2D eigenvalue weighted by molar-refractivity contribution is 6.07. The zero-order valence-electron chi connectivity index (χ0n) is 40.3. The molecule has 0 aliphatic heterocycles. The van der Waals surface area contributed by atoms with Gasteiger partial charge in [0, 0.05) is 22.4 Å². The van der Waals surface area contributed by atoms with E-state index in [0.717, 1.165) is 56.0 Å². The Morgan fingerprint density at radius 1 is 0.452 bits per heavy atom. The van der Waals surface area contributed by atoms with Crippen molar-refractivity contribution in [1.29, 1.82) is 0 Å². The normalized spacial score (nSPS) is 15.5. The fraction of sp³-hybridized carbons (Fsp3) is 0.148. The minimum atomic E-state index is -0.388. The van der Waals surface area contributed by atoms with E-state index in [0.29, 0.717) is 11.5 Å². The number of fused-ring (bicyclic) bond motifs is 4. The van der Waals surface area contributed by atoms with Gasteiger partial charge in [-0.05, 0) is 133 Å². The molecule has 2 aliphatic carbocycles. The molecule has 9 aromatic carbocycles. The minimum absolute atomic E-state index is 0.196. The molecule has 300 valence electrons. The summed E-state index contributed by atoms with van der Waals surface area (Å²) in [4.78, 5) is 2.37. The van der Waals surface area contributed by atoms with Gasteiger partial charge in [0.15, 0.2) is 0 Å². The van der Waals surface area contributed by atoms with E-state index in [1.807, 2.05) is 12.1 Å². The first-order chi connectivity index (χ1) is 32.6. The lowest BCUT2D eigenvalue weighted by atomic mass is 9.81. The van der Waals surface area contributed by atoms with Crippen molar-refractivity contribution >= 4 is 27.8 Å². The van der Waals surface area contributed by atoms with Gasteiger partial charge in [-0.25, -0.2) is 0 Å². The first-order valence-electron chi connectivity index (χ1n) is 24.6. The smallest absolute Gasteiger partial charge is 0.0629 e. The highest BCUT2D eigenvalue weighted by atomic mass is 15.1. The molecule has 0 spiro atoms. The van der Waals surface area contributed by atoms with E-state index in [-0.39, 0.29) is 41.2 Å². The van der Waals surface area contributed by atoms with E-state index >= 15 is 0 Å². The molecule has 1 saturated carbocycles. The molecule has 0 saturated heterocycles. The van der Waals surface area contributed by atoms with Crippen molar-refractivity contribution in [2.24, 2.45) is 0 Å². The van der Waals surface area contributed by atoms with Gasteiger partial charge >= 0.3 is 0 Å². The summed E-state index contributed by atoms with van der Waals surface area (Å²) in [5.74, 6) is 0.599. The largest absolute Gasteiger partial charge is 0.310 e. The first kappa shape index (κ1) is 32.8. The second-order valence-corrected chi connectivity index (χ2v) is 17.6. The third-order valence-corrected chi connectivity index (χ3v) is 13.5. The molecule has 0 atom stereocenters. The van der Waals surface area contributed by atoms with Gasteiger partial charge in [-0.15, -0.1) is 0 Å². The molecule has 0 unspecified atom stereocenters. The summed E-state index contributed by atoms with van der Waals surface area (Å²) in [5, 5.41) is 2.56. The van der Waals surface area contributed by atoms with Crippen LogP contribution in [0.1, 0.15) is 75.4 Å². The van der Waals surface area contributed by atoms with Crippen LogP contribution in [0, 0.1) is 0 Å². The lowest BCUT2D eigenvalue weighted by Gasteiger charge is -2.30. The third-order valence-electron chi connectivity index (χ3n) is 13.5. The fourth-order valence-corrected chi connectivity index (χ4v) is 10.4. The predicted molar refractivity (Wildman–Crippen MR) is 264 cm³/mol. The van der Waals surface area contributed by atoms with E-state index < -0.39 is 0 Å². The Morgan fingerprint density at radius 3 is 1.85 bits per heavy atom. The second kappa shape index (κ2) is 15.8. The lowest BCUT2D eigenvalue weighted by molar-refractivity contribution is 0.444. The number of rotatable bonds is 8. The number of benzene rings is 9. The number of hydrogen-bond acceptors (Lipinski definition) is 1. The van der Waals surface area contributed by atoms with Gasteiger partial charge in [-0.3, -0.25) is 0 Å². The molecular formula is C61H51N. The van der Waals surface area contributed by atoms with Crippen LogP contribution in [0.4, 0.5) is 17.1 Å². The Kier molecular flexibility index (Phi) is 8.36. The van der Waals surface area contributed by atoms with Crippen LogP contribution in [0.2, 0.25) is 0 Å². The van der Waals surface area contributed by atoms with Crippen LogP contribution in [0.25, 0.3) is 66.4 Å². The highest BCUT2D eigenvalue weighted by Crippen LogP contribution is 2.52. The second-order valence-electron chi connectivity index (χ2n) is 17.6. The lowest BCUT2D eigenvalue weighted by Crippen LogP contribution is -2.17. The van der Waals surface area contributed by atoms with Crippen LogP contribution in [-0.2, 0) is 5.41 Å². The predicted octanol–water partition coefficient (Wildman–Crippen LogP) is 17.3. The van der Waals surface area contributed by atoms with Crippen molar-refractivity contribution in [3.05, 3.63) is 223 Å². The summed E-state index contributed by atoms with van der Waals surface area (Å²) >= 11 is 0. The van der Waals surface area contributed by atoms with Gasteiger partial charge in [0.2, 0.25) is 0 Å². The summed E-state index contributed by atoms with van der Waals surface area (Å²) in [6.45, 7) is 4.49. The van der Waals surface area contributed by atoms with Gasteiger partial charge in [-0.2, -0.15) is 0 Å². The van der Waals surface area contributed by atoms with Crippen LogP contribution in [0.3, 0.4) is 0 Å². The number of anilines is 3. The van der Waals surface area contributed by atoms with Gasteiger partial charge in [0.1, 0.15) is 0 Å². The topological polar surface area (TPSA) is 3.24 Å². The van der Waals surface area contributed by atoms with Crippen LogP contribution in [-0.4, -0.2) is 0 Å². The van der Waals surface area contributed by atoms with Crippen molar-refractivity contribution < 1.29 is 6.85 Å². The summed E-state index contributed by atoms with van der Waals surface area (Å²) in [6, 6.07) is 62.1. The highest BCUT2D eigenvalue weighted by Gasteiger charge is 2.36. The van der Waals surface area contributed by atoms with Crippen molar-refractivity contribution in [3.8, 4) is 55.6 Å². The molecule has 62 heavy (non-hydrogen) atoms. The summed E-state index contributed by atoms with van der Waals surface area (Å²) < 4.78 is 42.3. The third kappa shape index (κ3) is 6.73. The van der Waals surface area contributed by atoms with Crippen LogP contribution >= 0.6 is 0 Å². The number of para-hydroxylation sites is 1. The van der Waals surface area contributed by atoms with E-state index in [1.165, 1.54) is 65.1 Å². The quantitative estimate of drug-likeness (QED) is 0.148. The molecule has 9 aromatic rings. The van der Waals surface area contributed by atoms with Crippen LogP contribution in [0.5, 0.6) is 0 Å². The number of hydrogen-bond donors (Lipinski definition) is 0. The van der Waals surface area contributed by atoms with E-state index in [9.17, 15) is 0 Å². The van der Waals surface area contributed by atoms with Crippen molar-refractivity contribution in [3.63, 3.8) is 0 Å². The summed E-state index contributed by atoms with van der Waals surface area (Å²) in [6.07, 6.45) is 6.45. The Morgan fingerprint density at radius 2 is 1.10 bits per heavy atom. The van der Waals surface area contributed by atoms with Gasteiger partial charge < -0.3 is 4.90 Å². The maximum absolute atomic E-state index is 8.72. The summed E-state index contributed by atoms with van der Waals surface area (Å²) in [7, 11) is 0. The molecule has 0 radical (unpaired) electrons. The standard InChI is InChI=1S/C61H51N/c1-61(2)57-37-32-47(42-18-7-3-8-19-42)39-56(57)54-36-35-51(41-58(54)61)62(59-29-16-15-27-52(59)44-22-11-5-12-23-44)50-33-30-46(31-34-50)53-28-17-26-48-38-49(43-20-9-4-10-21-43)40-55(60(48)53)45-24-13-6-14-25-45/h3,5-8,11-19,22-41,43H,4,9-10,20-21H2,1-2H3/i3D,7D,8D,18D,19D. The Bertz CT molecular complexity index is 3320. The average molecular weight is 803 g/mol. The van der Waals surface area contributed by atoms with Crippen LogP contribution < -0.4 is 4.90 Å². The van der Waals surface area contributed by atoms with Crippen molar-refractivity contribution in [2.45, 2.75) is 57.3 Å². The minimum Gasteiger partial charge on any atom is -0.310 e. The molecule has 0 bridgehead atoms. The molecule has 1 heteroatoms. The zero-order valence-corrected chi connectivity index (χ0v) is 35.3. The molecule has 1 fully saturated rings. The summed E-state index contributed by atoms with van der Waals surface area (Å²) in [5.41, 5.74) is 16.5. The van der Waals surface area contributed by atoms with Crippen LogP contribution in [0.15, 0.2) is 206 Å².